The Morgan fingerprint density at radius 3 is 2.13 bits per heavy atom. The highest BCUT2D eigenvalue weighted by Crippen LogP contribution is 2.77. The molecule has 5 atom stereocenters. The smallest absolute Gasteiger partial charge is 0.408 e. The predicted molar refractivity (Wildman–Crippen MR) is 178 cm³/mol. The summed E-state index contributed by atoms with van der Waals surface area (Å²) in [4.78, 5) is 57.2. The third kappa shape index (κ3) is 4.96. The third-order valence-corrected chi connectivity index (χ3v) is 11.3. The maximum atomic E-state index is 14.6. The van der Waals surface area contributed by atoms with Gasteiger partial charge in [-0.1, -0.05) is 76.6 Å². The predicted octanol–water partition coefficient (Wildman–Crippen LogP) is 6.45. The Morgan fingerprint density at radius 2 is 1.57 bits per heavy atom. The first-order valence-corrected chi connectivity index (χ1v) is 16.7. The molecule has 246 valence electrons. The summed E-state index contributed by atoms with van der Waals surface area (Å²) in [6, 6.07) is 18.7. The number of ether oxygens (including phenoxy) is 1. The fourth-order valence-corrected chi connectivity index (χ4v) is 9.09. The molecule has 1 saturated heterocycles. The number of Topliss-reactive ketones (excluding diaryl/α,β-unsaturated/α-hetero) is 1. The third-order valence-electron chi connectivity index (χ3n) is 9.75. The number of nitrogens with zero attached hydrogens (tertiary/aromatic N) is 3. The van der Waals surface area contributed by atoms with Gasteiger partial charge in [-0.15, -0.1) is 10.2 Å². The molecule has 1 aliphatic heterocycles. The van der Waals surface area contributed by atoms with Gasteiger partial charge in [-0.05, 0) is 76.2 Å². The molecular weight excluding hydrogens is 664 g/mol. The molecule has 11 heteroatoms. The number of nitrogens with one attached hydrogen (secondary N) is 1. The molecule has 1 aromatic heterocycles. The van der Waals surface area contributed by atoms with Crippen molar-refractivity contribution in [2.45, 2.75) is 76.8 Å². The van der Waals surface area contributed by atoms with Crippen LogP contribution in [0, 0.1) is 23.7 Å². The molecule has 3 amide bonds. The molecule has 0 radical (unpaired) electrons. The summed E-state index contributed by atoms with van der Waals surface area (Å²) in [6.07, 6.45) is 0.773. The summed E-state index contributed by atoms with van der Waals surface area (Å²) in [5.74, 6) is -1.18. The van der Waals surface area contributed by atoms with Crippen LogP contribution in [-0.4, -0.2) is 55.3 Å². The molecule has 3 aliphatic rings. The van der Waals surface area contributed by atoms with Crippen LogP contribution >= 0.6 is 15.9 Å². The largest absolute Gasteiger partial charge is 0.444 e. The van der Waals surface area contributed by atoms with E-state index in [0.29, 0.717) is 25.2 Å². The van der Waals surface area contributed by atoms with Gasteiger partial charge in [0.25, 0.3) is 0 Å². The highest BCUT2D eigenvalue weighted by molar-refractivity contribution is 9.10. The highest BCUT2D eigenvalue weighted by Gasteiger charge is 2.85. The second-order valence-electron chi connectivity index (χ2n) is 13.9. The van der Waals surface area contributed by atoms with Gasteiger partial charge in [0.1, 0.15) is 16.0 Å². The van der Waals surface area contributed by atoms with Crippen LogP contribution in [0.25, 0.3) is 11.1 Å². The van der Waals surface area contributed by atoms with Crippen molar-refractivity contribution in [1.29, 1.82) is 0 Å². The van der Waals surface area contributed by atoms with E-state index >= 15 is 0 Å². The van der Waals surface area contributed by atoms with E-state index in [1.807, 2.05) is 74.5 Å². The maximum absolute atomic E-state index is 14.6. The fourth-order valence-electron chi connectivity index (χ4n) is 7.85. The summed E-state index contributed by atoms with van der Waals surface area (Å²) in [6.45, 7) is 10.8. The summed E-state index contributed by atoms with van der Waals surface area (Å²) < 4.78 is 9.60. The first kappa shape index (κ1) is 32.8. The first-order valence-electron chi connectivity index (χ1n) is 15.9. The normalized spacial score (nSPS) is 27.4. The van der Waals surface area contributed by atoms with Crippen LogP contribution in [0.3, 0.4) is 0 Å². The number of alkyl carbamates (subject to hydrolysis) is 1. The molecule has 2 aliphatic carbocycles. The maximum Gasteiger partial charge on any atom is 0.408 e. The Hall–Kier alpha value is -4.12. The van der Waals surface area contributed by atoms with E-state index in [1.54, 1.807) is 27.7 Å². The summed E-state index contributed by atoms with van der Waals surface area (Å²) >= 11 is 3.81. The number of halogens is 1. The summed E-state index contributed by atoms with van der Waals surface area (Å²) in [7, 11) is 0. The Bertz CT molecular complexity index is 1780. The number of aryl methyl sites for hydroxylation is 1. The van der Waals surface area contributed by atoms with Crippen LogP contribution in [0.5, 0.6) is 0 Å². The van der Waals surface area contributed by atoms with Crippen molar-refractivity contribution < 1.29 is 28.3 Å². The van der Waals surface area contributed by atoms with Crippen LogP contribution in [0.4, 0.5) is 4.79 Å². The van der Waals surface area contributed by atoms with Gasteiger partial charge < -0.3 is 14.5 Å². The van der Waals surface area contributed by atoms with Gasteiger partial charge in [-0.25, -0.2) is 4.79 Å². The molecule has 1 saturated carbocycles. The Balaban J connectivity index is 1.27. The van der Waals surface area contributed by atoms with Crippen LogP contribution in [0.2, 0.25) is 0 Å². The van der Waals surface area contributed by atoms with Gasteiger partial charge >= 0.3 is 6.09 Å². The number of allylic oxidation sites excluding steroid dienone is 2. The second kappa shape index (κ2) is 11.5. The second-order valence-corrected chi connectivity index (χ2v) is 15.2. The zero-order chi connectivity index (χ0) is 33.9. The fraction of sp³-hybridized carbons (Fsp3) is 0.444. The van der Waals surface area contributed by atoms with E-state index in [4.69, 9.17) is 9.15 Å². The average molecular weight is 704 g/mol. The van der Waals surface area contributed by atoms with Crippen LogP contribution in [0.1, 0.15) is 82.8 Å². The van der Waals surface area contributed by atoms with Crippen LogP contribution in [0.15, 0.2) is 65.1 Å². The standard InChI is InChI=1S/C36H39BrN4O6/c1-21-39-40-28(46-21)24(38-32(45)47-33(2,3)4)19-13-14-20-41-29(42)27-34(5)25(22-15-9-7-10-16-22)26(23-17-11-8-12-18-23)35(6,30(34)43)36(27,37)31(41)44/h7-12,15-18,24,27H,13-14,19-20H2,1-6H3,(H,38,45)/t24-,27?,34?,35?,36?/m0/s1. The topological polar surface area (TPSA) is 132 Å². The van der Waals surface area contributed by atoms with Crippen molar-refractivity contribution in [3.8, 4) is 0 Å². The number of aromatic nitrogens is 2. The summed E-state index contributed by atoms with van der Waals surface area (Å²) in [5.41, 5.74) is 0.0669. The van der Waals surface area contributed by atoms with E-state index in [0.717, 1.165) is 22.3 Å². The number of benzene rings is 2. The van der Waals surface area contributed by atoms with E-state index < -0.39 is 44.7 Å². The van der Waals surface area contributed by atoms with Gasteiger partial charge in [0.05, 0.1) is 16.7 Å². The first-order chi connectivity index (χ1) is 22.2. The zero-order valence-corrected chi connectivity index (χ0v) is 29.0. The van der Waals surface area contributed by atoms with Gasteiger partial charge in [0.15, 0.2) is 5.78 Å². The van der Waals surface area contributed by atoms with E-state index in [-0.39, 0.29) is 24.1 Å². The Kier molecular flexibility index (Phi) is 8.05. The van der Waals surface area contributed by atoms with Crippen molar-refractivity contribution in [1.82, 2.24) is 20.4 Å². The van der Waals surface area contributed by atoms with Crippen molar-refractivity contribution in [3.05, 3.63) is 83.6 Å². The lowest BCUT2D eigenvalue weighted by atomic mass is 9.63. The molecule has 1 N–H and O–H groups in total. The molecule has 2 aromatic carbocycles. The number of carbonyl (C=O) groups excluding carboxylic acids is 4. The Morgan fingerprint density at radius 1 is 0.979 bits per heavy atom. The number of fused-ring (bicyclic) bond motifs is 5. The number of amides is 3. The quantitative estimate of drug-likeness (QED) is 0.153. The number of ketones is 1. The monoisotopic (exact) mass is 702 g/mol. The van der Waals surface area contributed by atoms with Crippen molar-refractivity contribution in [3.63, 3.8) is 0 Å². The van der Waals surface area contributed by atoms with E-state index in [9.17, 15) is 19.2 Å². The van der Waals surface area contributed by atoms with Gasteiger partial charge in [-0.2, -0.15) is 0 Å². The van der Waals surface area contributed by atoms with Gasteiger partial charge in [0.2, 0.25) is 23.6 Å². The number of unbranched alkanes of at least 4 members (excludes halogenated alkanes) is 1. The average Bonchev–Trinajstić information content (AvgIpc) is 3.63. The van der Waals surface area contributed by atoms with Crippen LogP contribution < -0.4 is 5.32 Å². The van der Waals surface area contributed by atoms with E-state index in [2.05, 4.69) is 31.4 Å². The summed E-state index contributed by atoms with van der Waals surface area (Å²) in [5, 5.41) is 10.8. The Labute approximate surface area is 282 Å². The molecule has 2 heterocycles. The number of hydrogen-bond acceptors (Lipinski definition) is 8. The van der Waals surface area contributed by atoms with Crippen molar-refractivity contribution >= 4 is 50.8 Å². The lowest BCUT2D eigenvalue weighted by Crippen LogP contribution is -2.50. The minimum Gasteiger partial charge on any atom is -0.444 e. The lowest BCUT2D eigenvalue weighted by Gasteiger charge is -2.41. The minimum atomic E-state index is -1.44. The molecular formula is C36H39BrN4O6. The van der Waals surface area contributed by atoms with Crippen molar-refractivity contribution in [2.24, 2.45) is 16.7 Å². The molecule has 4 unspecified atom stereocenters. The molecule has 47 heavy (non-hydrogen) atoms. The number of rotatable bonds is 9. The zero-order valence-electron chi connectivity index (χ0n) is 27.4. The number of likely N-dealkylation sites (tertiary alicyclic amines) is 1. The van der Waals surface area contributed by atoms with E-state index in [1.165, 1.54) is 4.90 Å². The van der Waals surface area contributed by atoms with Gasteiger partial charge in [-0.3, -0.25) is 19.3 Å². The minimum absolute atomic E-state index is 0.128. The number of imide groups is 1. The molecule has 6 rings (SSSR count). The molecule has 0 spiro atoms. The highest BCUT2D eigenvalue weighted by atomic mass is 79.9. The molecule has 10 nitrogen and oxygen atoms in total. The molecule has 2 fully saturated rings. The number of carbonyl (C=O) groups is 4. The SMILES string of the molecule is Cc1nnc([C@H](CCCCN2C(=O)C3C4(C)C(=O)C(C)(C(c5ccccc5)=C4c4ccccc4)C3(Br)C2=O)NC(=O)OC(C)(C)C)o1. The number of hydrogen-bond donors (Lipinski definition) is 1. The lowest BCUT2D eigenvalue weighted by molar-refractivity contribution is -0.144. The number of alkyl halides is 1. The van der Waals surface area contributed by atoms with Crippen molar-refractivity contribution in [2.75, 3.05) is 6.54 Å². The molecule has 2 bridgehead atoms. The van der Waals surface area contributed by atoms with Crippen LogP contribution in [-0.2, 0) is 19.1 Å². The molecule has 3 aromatic rings. The van der Waals surface area contributed by atoms with Gasteiger partial charge in [0, 0.05) is 13.5 Å².